The number of nitrogens with zero attached hydrogens (tertiary/aromatic N) is 1. The zero-order valence-electron chi connectivity index (χ0n) is 11.4. The van der Waals surface area contributed by atoms with Gasteiger partial charge in [-0.15, -0.1) is 12.4 Å². The minimum Gasteiger partial charge on any atom is -0.351 e. The number of hydrogen-bond donors (Lipinski definition) is 2. The van der Waals surface area contributed by atoms with Crippen LogP contribution in [0.25, 0.3) is 0 Å². The smallest absolute Gasteiger partial charge is 0.234 e. The fourth-order valence-corrected chi connectivity index (χ4v) is 2.15. The van der Waals surface area contributed by atoms with E-state index in [0.717, 1.165) is 32.6 Å². The van der Waals surface area contributed by atoms with Crippen LogP contribution in [0, 0.1) is 5.82 Å². The summed E-state index contributed by atoms with van der Waals surface area (Å²) in [7, 11) is 0. The van der Waals surface area contributed by atoms with E-state index in [4.69, 9.17) is 0 Å². The van der Waals surface area contributed by atoms with Crippen molar-refractivity contribution in [1.82, 2.24) is 15.5 Å². The second-order valence-electron chi connectivity index (χ2n) is 4.75. The molecule has 1 aliphatic rings. The van der Waals surface area contributed by atoms with Gasteiger partial charge in [-0.25, -0.2) is 4.39 Å². The van der Waals surface area contributed by atoms with Crippen LogP contribution in [0.1, 0.15) is 12.0 Å². The van der Waals surface area contributed by atoms with E-state index >= 15 is 0 Å². The molecule has 0 atom stereocenters. The average molecular weight is 302 g/mol. The molecule has 1 fully saturated rings. The summed E-state index contributed by atoms with van der Waals surface area (Å²) in [5.41, 5.74) is 0.522. The van der Waals surface area contributed by atoms with Crippen molar-refractivity contribution in [1.29, 1.82) is 0 Å². The van der Waals surface area contributed by atoms with Crippen molar-refractivity contribution >= 4 is 18.3 Å². The Balaban J connectivity index is 0.00000200. The second-order valence-corrected chi connectivity index (χ2v) is 4.75. The Hall–Kier alpha value is -1.17. The summed E-state index contributed by atoms with van der Waals surface area (Å²) in [4.78, 5) is 13.9. The molecular formula is C14H21ClFN3O. The Morgan fingerprint density at radius 3 is 2.90 bits per heavy atom. The van der Waals surface area contributed by atoms with Crippen molar-refractivity contribution in [2.45, 2.75) is 13.0 Å². The SMILES string of the molecule is Cl.O=C(CN1CCCNCC1)NCc1ccccc1F. The minimum absolute atomic E-state index is 0. The maximum Gasteiger partial charge on any atom is 0.234 e. The Morgan fingerprint density at radius 1 is 1.30 bits per heavy atom. The highest BCUT2D eigenvalue weighted by Gasteiger charge is 2.12. The number of benzene rings is 1. The Bertz CT molecular complexity index is 423. The van der Waals surface area contributed by atoms with E-state index < -0.39 is 0 Å². The van der Waals surface area contributed by atoms with Crippen molar-refractivity contribution < 1.29 is 9.18 Å². The van der Waals surface area contributed by atoms with Crippen molar-refractivity contribution in [3.05, 3.63) is 35.6 Å². The summed E-state index contributed by atoms with van der Waals surface area (Å²) in [6.45, 7) is 4.37. The third-order valence-electron chi connectivity index (χ3n) is 3.23. The summed E-state index contributed by atoms with van der Waals surface area (Å²) in [6, 6.07) is 6.50. The van der Waals surface area contributed by atoms with Crippen molar-refractivity contribution in [2.24, 2.45) is 0 Å². The van der Waals surface area contributed by atoms with Gasteiger partial charge in [0.15, 0.2) is 0 Å². The monoisotopic (exact) mass is 301 g/mol. The first-order valence-corrected chi connectivity index (χ1v) is 6.69. The first-order valence-electron chi connectivity index (χ1n) is 6.69. The fraction of sp³-hybridized carbons (Fsp3) is 0.500. The molecule has 2 N–H and O–H groups in total. The first kappa shape index (κ1) is 16.9. The highest BCUT2D eigenvalue weighted by Crippen LogP contribution is 2.05. The van der Waals surface area contributed by atoms with E-state index in [1.165, 1.54) is 6.07 Å². The molecule has 2 rings (SSSR count). The molecule has 0 unspecified atom stereocenters. The third-order valence-corrected chi connectivity index (χ3v) is 3.23. The highest BCUT2D eigenvalue weighted by atomic mass is 35.5. The predicted molar refractivity (Wildman–Crippen MR) is 79.4 cm³/mol. The van der Waals surface area contributed by atoms with Crippen LogP contribution in [0.15, 0.2) is 24.3 Å². The molecule has 0 aromatic heterocycles. The largest absolute Gasteiger partial charge is 0.351 e. The number of hydrogen-bond acceptors (Lipinski definition) is 3. The standard InChI is InChI=1S/C14H20FN3O.ClH/c15-13-5-2-1-4-12(13)10-17-14(19)11-18-8-3-6-16-7-9-18;/h1-2,4-5,16H,3,6-11H2,(H,17,19);1H. The van der Waals surface area contributed by atoms with E-state index in [-0.39, 0.29) is 30.7 Å². The fourth-order valence-electron chi connectivity index (χ4n) is 2.15. The molecule has 0 radical (unpaired) electrons. The van der Waals surface area contributed by atoms with Crippen LogP contribution in [0.2, 0.25) is 0 Å². The van der Waals surface area contributed by atoms with Crippen LogP contribution >= 0.6 is 12.4 Å². The lowest BCUT2D eigenvalue weighted by molar-refractivity contribution is -0.122. The van der Waals surface area contributed by atoms with E-state index in [9.17, 15) is 9.18 Å². The van der Waals surface area contributed by atoms with Crippen LogP contribution in [0.4, 0.5) is 4.39 Å². The number of amides is 1. The zero-order valence-corrected chi connectivity index (χ0v) is 12.2. The highest BCUT2D eigenvalue weighted by molar-refractivity contribution is 5.85. The molecule has 1 aliphatic heterocycles. The van der Waals surface area contributed by atoms with Crippen LogP contribution in [-0.4, -0.2) is 43.5 Å². The lowest BCUT2D eigenvalue weighted by Crippen LogP contribution is -2.38. The summed E-state index contributed by atoms with van der Waals surface area (Å²) < 4.78 is 13.4. The minimum atomic E-state index is -0.276. The van der Waals surface area contributed by atoms with Gasteiger partial charge in [-0.2, -0.15) is 0 Å². The lowest BCUT2D eigenvalue weighted by atomic mass is 10.2. The van der Waals surface area contributed by atoms with Gasteiger partial charge in [0.1, 0.15) is 5.82 Å². The molecule has 4 nitrogen and oxygen atoms in total. The van der Waals surface area contributed by atoms with Gasteiger partial charge in [0.05, 0.1) is 6.54 Å². The number of carbonyl (C=O) groups excluding carboxylic acids is 1. The average Bonchev–Trinajstić information content (AvgIpc) is 2.66. The van der Waals surface area contributed by atoms with Crippen molar-refractivity contribution in [2.75, 3.05) is 32.7 Å². The summed E-state index contributed by atoms with van der Waals surface area (Å²) in [5, 5.41) is 6.06. The summed E-state index contributed by atoms with van der Waals surface area (Å²) in [5.74, 6) is -0.327. The molecule has 1 aromatic rings. The number of carbonyl (C=O) groups is 1. The molecular weight excluding hydrogens is 281 g/mol. The first-order chi connectivity index (χ1) is 9.25. The van der Waals surface area contributed by atoms with Crippen molar-refractivity contribution in [3.8, 4) is 0 Å². The van der Waals surface area contributed by atoms with E-state index in [2.05, 4.69) is 15.5 Å². The Morgan fingerprint density at radius 2 is 2.10 bits per heavy atom. The van der Waals surface area contributed by atoms with Crippen LogP contribution in [0.3, 0.4) is 0 Å². The van der Waals surface area contributed by atoms with Crippen LogP contribution in [0.5, 0.6) is 0 Å². The molecule has 20 heavy (non-hydrogen) atoms. The molecule has 112 valence electrons. The molecule has 1 heterocycles. The van der Waals surface area contributed by atoms with Gasteiger partial charge in [-0.05, 0) is 25.6 Å². The van der Waals surface area contributed by atoms with Crippen LogP contribution in [-0.2, 0) is 11.3 Å². The molecule has 6 heteroatoms. The van der Waals surface area contributed by atoms with Crippen molar-refractivity contribution in [3.63, 3.8) is 0 Å². The van der Waals surface area contributed by atoms with Gasteiger partial charge in [-0.3, -0.25) is 9.69 Å². The molecule has 1 saturated heterocycles. The predicted octanol–water partition coefficient (Wildman–Crippen LogP) is 1.16. The van der Waals surface area contributed by atoms with Gasteiger partial charge >= 0.3 is 0 Å². The molecule has 0 bridgehead atoms. The lowest BCUT2D eigenvalue weighted by Gasteiger charge is -2.18. The summed E-state index contributed by atoms with van der Waals surface area (Å²) >= 11 is 0. The molecule has 0 saturated carbocycles. The van der Waals surface area contributed by atoms with Gasteiger partial charge in [0.25, 0.3) is 0 Å². The molecule has 1 aromatic carbocycles. The normalized spacial score (nSPS) is 16.1. The summed E-state index contributed by atoms with van der Waals surface area (Å²) in [6.07, 6.45) is 1.06. The van der Waals surface area contributed by atoms with E-state index in [0.29, 0.717) is 12.1 Å². The number of nitrogens with one attached hydrogen (secondary N) is 2. The maximum atomic E-state index is 13.4. The molecule has 0 spiro atoms. The Kier molecular flexibility index (Phi) is 7.51. The van der Waals surface area contributed by atoms with Gasteiger partial charge in [0, 0.05) is 25.2 Å². The van der Waals surface area contributed by atoms with E-state index in [1.54, 1.807) is 18.2 Å². The molecule has 1 amide bonds. The second kappa shape index (κ2) is 8.89. The third kappa shape index (κ3) is 5.45. The zero-order chi connectivity index (χ0) is 13.5. The quantitative estimate of drug-likeness (QED) is 0.877. The Labute approximate surface area is 125 Å². The van der Waals surface area contributed by atoms with Gasteiger partial charge in [-0.1, -0.05) is 18.2 Å². The topological polar surface area (TPSA) is 44.4 Å². The number of rotatable bonds is 4. The van der Waals surface area contributed by atoms with E-state index in [1.807, 2.05) is 0 Å². The maximum absolute atomic E-state index is 13.4. The van der Waals surface area contributed by atoms with Gasteiger partial charge < -0.3 is 10.6 Å². The molecule has 0 aliphatic carbocycles. The number of halogens is 2. The van der Waals surface area contributed by atoms with Gasteiger partial charge in [0.2, 0.25) is 5.91 Å². The van der Waals surface area contributed by atoms with Crippen LogP contribution < -0.4 is 10.6 Å².